The minimum Gasteiger partial charge on any atom is -0.425 e. The van der Waals surface area contributed by atoms with Gasteiger partial charge in [-0.3, -0.25) is 4.52 Å². The molecule has 1 unspecified atom stereocenters. The first kappa shape index (κ1) is 7.19. The van der Waals surface area contributed by atoms with Crippen LogP contribution in [0.4, 0.5) is 0 Å². The van der Waals surface area contributed by atoms with Crippen molar-refractivity contribution in [1.29, 1.82) is 0 Å². The number of rotatable bonds is 1. The summed E-state index contributed by atoms with van der Waals surface area (Å²) in [5, 5.41) is 0. The van der Waals surface area contributed by atoms with Crippen LogP contribution in [0.2, 0.25) is 0 Å². The van der Waals surface area contributed by atoms with Gasteiger partial charge in [-0.1, -0.05) is 0 Å². The van der Waals surface area contributed by atoms with Crippen LogP contribution in [0, 0.1) is 0 Å². The normalized spacial score (nSPS) is 33.9. The highest BCUT2D eigenvalue weighted by molar-refractivity contribution is 8.54. The summed E-state index contributed by atoms with van der Waals surface area (Å²) in [6, 6.07) is 0. The lowest BCUT2D eigenvalue weighted by atomic mass is 10.7. The molecule has 5 heteroatoms. The molecule has 0 radical (unpaired) electrons. The molecule has 1 aliphatic rings. The van der Waals surface area contributed by atoms with E-state index in [9.17, 15) is 4.57 Å². The minimum absolute atomic E-state index is 0.387. The smallest absolute Gasteiger partial charge is 0.425 e. The average molecular weight is 166 g/mol. The van der Waals surface area contributed by atoms with Crippen LogP contribution in [0.1, 0.15) is 0 Å². The summed E-state index contributed by atoms with van der Waals surface area (Å²) in [6.07, 6.45) is 4.78. The Kier molecular flexibility index (Phi) is 2.22. The van der Waals surface area contributed by atoms with Gasteiger partial charge in [0, 0.05) is 0 Å². The van der Waals surface area contributed by atoms with E-state index >= 15 is 0 Å². The Balaban J connectivity index is 2.61. The van der Waals surface area contributed by atoms with Gasteiger partial charge in [-0.2, -0.15) is 0 Å². The second kappa shape index (κ2) is 2.78. The second-order valence-corrected chi connectivity index (χ2v) is 5.57. The molecule has 3 nitrogen and oxygen atoms in total. The van der Waals surface area contributed by atoms with E-state index in [2.05, 4.69) is 0 Å². The summed E-state index contributed by atoms with van der Waals surface area (Å²) in [5.41, 5.74) is 0. The Morgan fingerprint density at radius 1 is 1.78 bits per heavy atom. The van der Waals surface area contributed by atoms with Crippen molar-refractivity contribution in [3.05, 3.63) is 12.3 Å². The van der Waals surface area contributed by atoms with Gasteiger partial charge < -0.3 is 4.52 Å². The molecule has 0 N–H and O–H groups in total. The lowest BCUT2D eigenvalue weighted by Crippen LogP contribution is -1.93. The summed E-state index contributed by atoms with van der Waals surface area (Å²) in [4.78, 5) is 0. The third-order valence-electron chi connectivity index (χ3n) is 0.839. The zero-order valence-electron chi connectivity index (χ0n) is 4.94. The van der Waals surface area contributed by atoms with Gasteiger partial charge in [0.1, 0.15) is 0 Å². The molecule has 1 aliphatic heterocycles. The van der Waals surface area contributed by atoms with Crippen LogP contribution >= 0.6 is 18.2 Å². The largest absolute Gasteiger partial charge is 0.439 e. The summed E-state index contributed by atoms with van der Waals surface area (Å²) in [7, 11) is 0. The molecule has 1 heterocycles. The molecule has 0 saturated carbocycles. The maximum absolute atomic E-state index is 11.1. The van der Waals surface area contributed by atoms with E-state index in [-0.39, 0.29) is 0 Å². The third kappa shape index (κ3) is 1.75. The van der Waals surface area contributed by atoms with E-state index in [0.717, 1.165) is 11.4 Å². The topological polar surface area (TPSA) is 35.5 Å². The van der Waals surface area contributed by atoms with Gasteiger partial charge in [-0.25, -0.2) is 4.57 Å². The fourth-order valence-electron chi connectivity index (χ4n) is 0.417. The Labute approximate surface area is 57.7 Å². The summed E-state index contributed by atoms with van der Waals surface area (Å²) < 4.78 is 20.6. The van der Waals surface area contributed by atoms with E-state index in [1.807, 2.05) is 0 Å². The highest BCUT2D eigenvalue weighted by atomic mass is 32.7. The molecule has 0 aromatic rings. The van der Waals surface area contributed by atoms with Gasteiger partial charge in [0.15, 0.2) is 0 Å². The fraction of sp³-hybridized carbons (Fsp3) is 0.500. The molecular formula is C4H7O3PS. The molecule has 52 valence electrons. The lowest BCUT2D eigenvalue weighted by molar-refractivity contribution is 0.272. The van der Waals surface area contributed by atoms with E-state index in [1.165, 1.54) is 6.26 Å². The van der Waals surface area contributed by atoms with Gasteiger partial charge in [0.2, 0.25) is 0 Å². The molecule has 0 bridgehead atoms. The Morgan fingerprint density at radius 3 is 2.89 bits per heavy atom. The highest BCUT2D eigenvalue weighted by Crippen LogP contribution is 2.60. The average Bonchev–Trinajstić information content (AvgIpc) is 1.90. The SMILES string of the molecule is CSP1(=O)OC=CCO1. The van der Waals surface area contributed by atoms with Crippen molar-refractivity contribution in [2.75, 3.05) is 12.9 Å². The number of hydrogen-bond acceptors (Lipinski definition) is 4. The van der Waals surface area contributed by atoms with Gasteiger partial charge in [0.25, 0.3) is 0 Å². The molecular weight excluding hydrogens is 159 g/mol. The van der Waals surface area contributed by atoms with Crippen LogP contribution in [0.25, 0.3) is 0 Å². The van der Waals surface area contributed by atoms with Gasteiger partial charge in [-0.05, 0) is 23.7 Å². The molecule has 0 amide bonds. The minimum atomic E-state index is -2.76. The Morgan fingerprint density at radius 2 is 2.56 bits per heavy atom. The quantitative estimate of drug-likeness (QED) is 0.558. The molecule has 0 aromatic carbocycles. The molecule has 0 saturated heterocycles. The van der Waals surface area contributed by atoms with E-state index < -0.39 is 6.80 Å². The maximum atomic E-state index is 11.1. The highest BCUT2D eigenvalue weighted by Gasteiger charge is 2.24. The van der Waals surface area contributed by atoms with Crippen LogP contribution in [0.5, 0.6) is 0 Å². The van der Waals surface area contributed by atoms with Gasteiger partial charge in [-0.15, -0.1) is 0 Å². The zero-order valence-corrected chi connectivity index (χ0v) is 6.65. The molecule has 1 rings (SSSR count). The van der Waals surface area contributed by atoms with Crippen molar-refractivity contribution >= 4 is 18.2 Å². The van der Waals surface area contributed by atoms with E-state index in [0.29, 0.717) is 6.61 Å². The van der Waals surface area contributed by atoms with Crippen molar-refractivity contribution in [3.8, 4) is 0 Å². The first-order chi connectivity index (χ1) is 4.27. The van der Waals surface area contributed by atoms with Crippen LogP contribution in [-0.2, 0) is 13.6 Å². The Bertz CT molecular complexity index is 167. The van der Waals surface area contributed by atoms with E-state index in [4.69, 9.17) is 9.05 Å². The van der Waals surface area contributed by atoms with Crippen LogP contribution < -0.4 is 0 Å². The third-order valence-corrected chi connectivity index (χ3v) is 4.05. The number of hydrogen-bond donors (Lipinski definition) is 0. The molecule has 0 aliphatic carbocycles. The second-order valence-electron chi connectivity index (χ2n) is 1.40. The van der Waals surface area contributed by atoms with Crippen molar-refractivity contribution in [3.63, 3.8) is 0 Å². The molecule has 0 aromatic heterocycles. The first-order valence-electron chi connectivity index (χ1n) is 2.40. The van der Waals surface area contributed by atoms with Crippen LogP contribution in [0.3, 0.4) is 0 Å². The molecule has 9 heavy (non-hydrogen) atoms. The van der Waals surface area contributed by atoms with Crippen LogP contribution in [-0.4, -0.2) is 12.9 Å². The van der Waals surface area contributed by atoms with Gasteiger partial charge >= 0.3 is 6.80 Å². The monoisotopic (exact) mass is 166 g/mol. The molecule has 0 spiro atoms. The van der Waals surface area contributed by atoms with Crippen molar-refractivity contribution < 1.29 is 13.6 Å². The fourth-order valence-corrected chi connectivity index (χ4v) is 2.08. The van der Waals surface area contributed by atoms with Crippen LogP contribution in [0.15, 0.2) is 12.3 Å². The first-order valence-corrected chi connectivity index (χ1v) is 5.78. The van der Waals surface area contributed by atoms with E-state index in [1.54, 1.807) is 12.3 Å². The van der Waals surface area contributed by atoms with Gasteiger partial charge in [0.05, 0.1) is 12.9 Å². The standard InChI is InChI=1S/C4H7O3PS/c1-9-8(5)6-3-2-4-7-8/h2-3H,4H2,1H3. The molecule has 0 fully saturated rings. The predicted octanol–water partition coefficient (Wildman–Crippen LogP) is 2.02. The van der Waals surface area contributed by atoms with Crippen molar-refractivity contribution in [1.82, 2.24) is 0 Å². The Hall–Kier alpha value is 0.0800. The summed E-state index contributed by atoms with van der Waals surface area (Å²) in [6.45, 7) is -2.38. The van der Waals surface area contributed by atoms with Crippen molar-refractivity contribution in [2.45, 2.75) is 0 Å². The maximum Gasteiger partial charge on any atom is 0.439 e. The lowest BCUT2D eigenvalue weighted by Gasteiger charge is -2.15. The summed E-state index contributed by atoms with van der Waals surface area (Å²) in [5.74, 6) is 0. The zero-order chi connectivity index (χ0) is 6.74. The summed E-state index contributed by atoms with van der Waals surface area (Å²) >= 11 is 1.11. The predicted molar refractivity (Wildman–Crippen MR) is 37.3 cm³/mol. The molecule has 1 atom stereocenters. The van der Waals surface area contributed by atoms with Crippen molar-refractivity contribution in [2.24, 2.45) is 0 Å².